The van der Waals surface area contributed by atoms with Crippen LogP contribution in [0.1, 0.15) is 35.9 Å². The second-order valence-corrected chi connectivity index (χ2v) is 12.6. The summed E-state index contributed by atoms with van der Waals surface area (Å²) in [6, 6.07) is 3.16. The maximum atomic E-state index is 13.8. The number of oxime groups is 1. The van der Waals surface area contributed by atoms with Gasteiger partial charge in [-0.3, -0.25) is 19.1 Å². The number of aliphatic imine (C=N–C) groups is 1. The molecule has 8 N–H and O–H groups in total. The molecule has 0 aliphatic carbocycles. The largest absolute Gasteiger partial charge is 0.489 e. The summed E-state index contributed by atoms with van der Waals surface area (Å²) in [7, 11) is -4.99. The fourth-order valence-corrected chi connectivity index (χ4v) is 6.15. The number of nitrogens with one attached hydrogen (secondary N) is 2. The highest BCUT2D eigenvalue weighted by Gasteiger charge is 2.52. The van der Waals surface area contributed by atoms with Crippen LogP contribution in [0.2, 0.25) is 0 Å². The number of aromatic nitrogens is 1. The minimum absolute atomic E-state index is 0.0256. The number of aliphatic carboxylic acids is 1. The SMILES string of the molecule is C[C@@H]1[C@H](NC(=O)/C(=N\OC(COc2ccc(C(N)=N[C@H]3CCCNC3)cc2)C(=O)O)c2nc(N)sc2C(F)(F)F)C(=O)N1S(=O)(=O)O. The molecule has 2 aliphatic heterocycles. The molecule has 0 radical (unpaired) electrons. The van der Waals surface area contributed by atoms with E-state index in [-0.39, 0.29) is 27.4 Å². The van der Waals surface area contributed by atoms with Crippen molar-refractivity contribution in [3.63, 3.8) is 0 Å². The second kappa shape index (κ2) is 14.1. The number of carboxylic acid groups (broad SMARTS) is 1. The van der Waals surface area contributed by atoms with Gasteiger partial charge in [0.2, 0.25) is 0 Å². The van der Waals surface area contributed by atoms with Gasteiger partial charge < -0.3 is 36.8 Å². The van der Waals surface area contributed by atoms with Crippen molar-refractivity contribution in [2.45, 2.75) is 50.2 Å². The van der Waals surface area contributed by atoms with Gasteiger partial charge in [0.25, 0.3) is 17.9 Å². The number of alkyl halides is 3. The van der Waals surface area contributed by atoms with Crippen LogP contribution in [0.5, 0.6) is 5.75 Å². The molecule has 17 nitrogen and oxygen atoms in total. The van der Waals surface area contributed by atoms with Crippen molar-refractivity contribution in [3.8, 4) is 5.75 Å². The normalized spacial score (nSPS) is 21.5. The standard InChI is InChI=1S/C25H29F3N8O9S2/c1-11-16(22(38)36(11)47(41,42)43)33-21(37)18(17-19(25(26,27)28)46-24(30)34-17)35-45-15(23(39)40)10-44-14-6-4-12(5-7-14)20(29)32-13-3-2-8-31-9-13/h4-7,11,13,15-16,31H,2-3,8-10H2,1H3,(H2,29,32)(H2,30,34)(H,33,37)(H,39,40)(H,41,42,43)/b35-18-/t11-,13+,15?,16+/m1/s1. The number of hydrogen-bond donors (Lipinski definition) is 6. The Bertz CT molecular complexity index is 1680. The number of halogens is 3. The van der Waals surface area contributed by atoms with E-state index in [4.69, 9.17) is 25.6 Å². The molecule has 1 aromatic heterocycles. The van der Waals surface area contributed by atoms with Gasteiger partial charge in [0, 0.05) is 12.1 Å². The molecule has 4 atom stereocenters. The first-order chi connectivity index (χ1) is 22.0. The number of amidine groups is 1. The summed E-state index contributed by atoms with van der Waals surface area (Å²) >= 11 is -0.0525. The molecule has 2 aromatic rings. The zero-order valence-electron chi connectivity index (χ0n) is 24.3. The Balaban J connectivity index is 1.52. The molecule has 2 aliphatic rings. The van der Waals surface area contributed by atoms with Gasteiger partial charge in [-0.1, -0.05) is 16.5 Å². The van der Waals surface area contributed by atoms with E-state index in [0.29, 0.717) is 17.9 Å². The molecule has 22 heteroatoms. The van der Waals surface area contributed by atoms with Crippen LogP contribution in [0, 0.1) is 0 Å². The van der Waals surface area contributed by atoms with Crippen molar-refractivity contribution < 1.29 is 55.2 Å². The topological polar surface area (TPSA) is 261 Å². The van der Waals surface area contributed by atoms with Gasteiger partial charge in [0.15, 0.2) is 10.8 Å². The van der Waals surface area contributed by atoms with Crippen LogP contribution in [0.4, 0.5) is 18.3 Å². The van der Waals surface area contributed by atoms with Crippen molar-refractivity contribution in [1.82, 2.24) is 19.9 Å². The first-order valence-electron chi connectivity index (χ1n) is 13.7. The van der Waals surface area contributed by atoms with Gasteiger partial charge in [-0.2, -0.15) is 21.6 Å². The number of β-lactam (4-membered cyclic amide) rings is 1. The second-order valence-electron chi connectivity index (χ2n) is 10.3. The number of benzene rings is 1. The zero-order valence-corrected chi connectivity index (χ0v) is 25.9. The average Bonchev–Trinajstić information content (AvgIpc) is 3.39. The van der Waals surface area contributed by atoms with E-state index < -0.39 is 80.5 Å². The van der Waals surface area contributed by atoms with E-state index in [9.17, 15) is 41.1 Å². The van der Waals surface area contributed by atoms with Gasteiger partial charge in [0.05, 0.1) is 12.1 Å². The summed E-state index contributed by atoms with van der Waals surface area (Å²) in [6.45, 7) is 1.99. The van der Waals surface area contributed by atoms with E-state index in [1.807, 2.05) is 5.32 Å². The maximum absolute atomic E-state index is 13.8. The molecule has 1 aromatic carbocycles. The quantitative estimate of drug-likeness (QED) is 0.0558. The lowest BCUT2D eigenvalue weighted by Crippen LogP contribution is -2.71. The third-order valence-electron chi connectivity index (χ3n) is 6.90. The van der Waals surface area contributed by atoms with Crippen LogP contribution in [0.3, 0.4) is 0 Å². The van der Waals surface area contributed by atoms with Crippen LogP contribution in [-0.4, -0.2) is 101 Å². The Morgan fingerprint density at radius 1 is 1.30 bits per heavy atom. The molecule has 4 rings (SSSR count). The Hall–Kier alpha value is -4.54. The number of ether oxygens (including phenoxy) is 1. The predicted octanol–water partition coefficient (Wildman–Crippen LogP) is -0.0274. The van der Waals surface area contributed by atoms with E-state index in [1.165, 1.54) is 12.1 Å². The smallest absolute Gasteiger partial charge is 0.427 e. The maximum Gasteiger partial charge on any atom is 0.427 e. The van der Waals surface area contributed by atoms with Crippen molar-refractivity contribution >= 4 is 56.1 Å². The lowest BCUT2D eigenvalue weighted by atomic mass is 10.0. The Morgan fingerprint density at radius 2 is 1.98 bits per heavy atom. The van der Waals surface area contributed by atoms with E-state index >= 15 is 0 Å². The summed E-state index contributed by atoms with van der Waals surface area (Å²) < 4.78 is 78.7. The molecule has 3 heterocycles. The third kappa shape index (κ3) is 8.44. The number of nitrogen functional groups attached to an aromatic ring is 1. The highest BCUT2D eigenvalue weighted by Crippen LogP contribution is 2.38. The number of anilines is 1. The first-order valence-corrected chi connectivity index (χ1v) is 15.9. The van der Waals surface area contributed by atoms with Gasteiger partial charge in [-0.05, 0) is 50.6 Å². The highest BCUT2D eigenvalue weighted by molar-refractivity contribution is 7.84. The van der Waals surface area contributed by atoms with Gasteiger partial charge in [-0.25, -0.2) is 14.1 Å². The lowest BCUT2D eigenvalue weighted by Gasteiger charge is -2.42. The highest BCUT2D eigenvalue weighted by atomic mass is 32.2. The summed E-state index contributed by atoms with van der Waals surface area (Å²) in [5.41, 5.74) is 9.75. The number of carbonyl (C=O) groups excluding carboxylic acids is 2. The lowest BCUT2D eigenvalue weighted by molar-refractivity contribution is -0.152. The van der Waals surface area contributed by atoms with E-state index in [0.717, 1.165) is 26.3 Å². The predicted molar refractivity (Wildman–Crippen MR) is 159 cm³/mol. The fraction of sp³-hybridized carbons (Fsp3) is 0.440. The molecule has 0 bridgehead atoms. The molecule has 2 fully saturated rings. The zero-order chi connectivity index (χ0) is 34.7. The Morgan fingerprint density at radius 3 is 2.53 bits per heavy atom. The Labute approximate surface area is 268 Å². The molecule has 2 amide bonds. The summed E-state index contributed by atoms with van der Waals surface area (Å²) in [4.78, 5) is 48.7. The third-order valence-corrected chi connectivity index (χ3v) is 8.84. The average molecular weight is 707 g/mol. The van der Waals surface area contributed by atoms with Crippen LogP contribution in [0.15, 0.2) is 34.4 Å². The number of carboxylic acids is 1. The number of nitrogens with zero attached hydrogens (tertiary/aromatic N) is 4. The number of hydrogen-bond acceptors (Lipinski definition) is 13. The number of piperidine rings is 1. The number of carbonyl (C=O) groups is 3. The molecule has 0 saturated carbocycles. The summed E-state index contributed by atoms with van der Waals surface area (Å²) in [5, 5.41) is 17.6. The van der Waals surface area contributed by atoms with Crippen molar-refractivity contribution in [2.75, 3.05) is 25.4 Å². The van der Waals surface area contributed by atoms with Crippen LogP contribution < -0.4 is 26.8 Å². The first kappa shape index (κ1) is 35.3. The molecule has 0 spiro atoms. The number of nitrogens with two attached hydrogens (primary N) is 2. The monoisotopic (exact) mass is 706 g/mol. The fourth-order valence-electron chi connectivity index (χ4n) is 4.57. The molecular weight excluding hydrogens is 677 g/mol. The van der Waals surface area contributed by atoms with Crippen LogP contribution >= 0.6 is 11.3 Å². The Kier molecular flexibility index (Phi) is 10.6. The summed E-state index contributed by atoms with van der Waals surface area (Å²) in [5.74, 6) is -4.05. The summed E-state index contributed by atoms with van der Waals surface area (Å²) in [6.07, 6.45) is -5.23. The number of thiazole rings is 1. The van der Waals surface area contributed by atoms with Gasteiger partial charge >= 0.3 is 22.4 Å². The van der Waals surface area contributed by atoms with Crippen molar-refractivity contribution in [1.29, 1.82) is 0 Å². The van der Waals surface area contributed by atoms with E-state index in [1.54, 1.807) is 12.1 Å². The molecule has 47 heavy (non-hydrogen) atoms. The molecule has 2 saturated heterocycles. The van der Waals surface area contributed by atoms with Crippen molar-refractivity contribution in [2.24, 2.45) is 15.9 Å². The minimum Gasteiger partial charge on any atom is -0.489 e. The van der Waals surface area contributed by atoms with Gasteiger partial charge in [-0.15, -0.1) is 0 Å². The van der Waals surface area contributed by atoms with Crippen LogP contribution in [-0.2, 0) is 35.7 Å². The molecule has 1 unspecified atom stereocenters. The van der Waals surface area contributed by atoms with Crippen molar-refractivity contribution in [3.05, 3.63) is 40.4 Å². The minimum atomic E-state index is -5.10. The molecular formula is C25H29F3N8O9S2. The number of rotatable bonds is 12. The number of amides is 2. The van der Waals surface area contributed by atoms with Gasteiger partial charge in [0.1, 0.15) is 34.8 Å². The van der Waals surface area contributed by atoms with E-state index in [2.05, 4.69) is 20.4 Å². The van der Waals surface area contributed by atoms with Crippen LogP contribution in [0.25, 0.3) is 0 Å². The molecule has 256 valence electrons.